The van der Waals surface area contributed by atoms with Gasteiger partial charge in [-0.1, -0.05) is 12.1 Å². The van der Waals surface area contributed by atoms with Gasteiger partial charge in [0.2, 0.25) is 5.91 Å². The fraction of sp³-hybridized carbons (Fsp3) is 0.318. The zero-order valence-corrected chi connectivity index (χ0v) is 16.8. The van der Waals surface area contributed by atoms with Crippen LogP contribution in [0.4, 0.5) is 5.69 Å². The van der Waals surface area contributed by atoms with Crippen LogP contribution in [0, 0.1) is 0 Å². The molecule has 0 atom stereocenters. The van der Waals surface area contributed by atoms with Gasteiger partial charge in [-0.3, -0.25) is 9.59 Å². The molecule has 0 heterocycles. The molecule has 148 valence electrons. The first-order valence-corrected chi connectivity index (χ1v) is 8.89. The quantitative estimate of drug-likeness (QED) is 0.556. The summed E-state index contributed by atoms with van der Waals surface area (Å²) in [5.74, 6) is 0.0227. The van der Waals surface area contributed by atoms with Gasteiger partial charge in [-0.2, -0.15) is 0 Å². The van der Waals surface area contributed by atoms with Crippen molar-refractivity contribution in [3.8, 4) is 5.75 Å². The summed E-state index contributed by atoms with van der Waals surface area (Å²) in [6.07, 6.45) is 0.683. The Labute approximate surface area is 165 Å². The Bertz CT molecular complexity index is 865. The van der Waals surface area contributed by atoms with E-state index in [1.54, 1.807) is 64.2 Å². The van der Waals surface area contributed by atoms with Gasteiger partial charge >= 0.3 is 5.97 Å². The summed E-state index contributed by atoms with van der Waals surface area (Å²) in [5, 5.41) is 0. The minimum Gasteiger partial charge on any atom is -0.489 e. The summed E-state index contributed by atoms with van der Waals surface area (Å²) in [6.45, 7) is 6.97. The summed E-state index contributed by atoms with van der Waals surface area (Å²) in [6, 6.07) is 11.9. The summed E-state index contributed by atoms with van der Waals surface area (Å²) in [4.78, 5) is 36.5. The van der Waals surface area contributed by atoms with Crippen molar-refractivity contribution in [3.05, 3.63) is 59.2 Å². The molecule has 28 heavy (non-hydrogen) atoms. The molecule has 0 N–H and O–H groups in total. The number of amides is 1. The summed E-state index contributed by atoms with van der Waals surface area (Å²) >= 11 is 0. The number of anilines is 1. The molecule has 0 aromatic heterocycles. The van der Waals surface area contributed by atoms with Gasteiger partial charge in [-0.25, -0.2) is 4.79 Å². The SMILES string of the molecule is CC(=O)N(C)c1ccc(OCc2ccc(C=O)cc2C(=O)OC(C)(C)C)cc1. The van der Waals surface area contributed by atoms with E-state index in [2.05, 4.69) is 0 Å². The number of aldehydes is 1. The van der Waals surface area contributed by atoms with Crippen molar-refractivity contribution >= 4 is 23.9 Å². The van der Waals surface area contributed by atoms with E-state index in [4.69, 9.17) is 9.47 Å². The lowest BCUT2D eigenvalue weighted by Crippen LogP contribution is -2.25. The number of carbonyl (C=O) groups is 3. The number of esters is 1. The van der Waals surface area contributed by atoms with Crippen LogP contribution in [0.25, 0.3) is 0 Å². The van der Waals surface area contributed by atoms with E-state index < -0.39 is 11.6 Å². The molecule has 0 fully saturated rings. The molecule has 0 aliphatic rings. The molecule has 0 aliphatic carbocycles. The van der Waals surface area contributed by atoms with E-state index in [-0.39, 0.29) is 12.5 Å². The number of hydrogen-bond donors (Lipinski definition) is 0. The van der Waals surface area contributed by atoms with Crippen molar-refractivity contribution in [2.75, 3.05) is 11.9 Å². The minimum atomic E-state index is -0.648. The largest absolute Gasteiger partial charge is 0.489 e. The van der Waals surface area contributed by atoms with Crippen molar-refractivity contribution in [3.63, 3.8) is 0 Å². The van der Waals surface area contributed by atoms with Crippen molar-refractivity contribution < 1.29 is 23.9 Å². The smallest absolute Gasteiger partial charge is 0.339 e. The molecule has 2 aromatic carbocycles. The molecule has 0 bridgehead atoms. The average molecular weight is 383 g/mol. The highest BCUT2D eigenvalue weighted by Crippen LogP contribution is 2.22. The Morgan fingerprint density at radius 2 is 1.71 bits per heavy atom. The molecular weight excluding hydrogens is 358 g/mol. The molecule has 0 saturated heterocycles. The molecule has 2 aromatic rings. The third-order valence-corrected chi connectivity index (χ3v) is 3.98. The predicted octanol–water partition coefficient (Wildman–Crippen LogP) is 4.02. The topological polar surface area (TPSA) is 72.9 Å². The lowest BCUT2D eigenvalue weighted by Gasteiger charge is -2.21. The predicted molar refractivity (Wildman–Crippen MR) is 107 cm³/mol. The maximum atomic E-state index is 12.5. The van der Waals surface area contributed by atoms with E-state index in [1.807, 2.05) is 0 Å². The zero-order chi connectivity index (χ0) is 20.9. The van der Waals surface area contributed by atoms with Gasteiger partial charge < -0.3 is 14.4 Å². The Morgan fingerprint density at radius 3 is 2.25 bits per heavy atom. The van der Waals surface area contributed by atoms with Gasteiger partial charge in [-0.05, 0) is 51.1 Å². The van der Waals surface area contributed by atoms with E-state index >= 15 is 0 Å². The first-order valence-electron chi connectivity index (χ1n) is 8.89. The number of rotatable bonds is 6. The maximum Gasteiger partial charge on any atom is 0.339 e. The molecular formula is C22H25NO5. The average Bonchev–Trinajstić information content (AvgIpc) is 2.64. The Hall–Kier alpha value is -3.15. The number of nitrogens with zero attached hydrogens (tertiary/aromatic N) is 1. The monoisotopic (exact) mass is 383 g/mol. The third kappa shape index (κ3) is 5.67. The van der Waals surface area contributed by atoms with Crippen LogP contribution in [0.3, 0.4) is 0 Å². The zero-order valence-electron chi connectivity index (χ0n) is 16.8. The molecule has 6 heteroatoms. The highest BCUT2D eigenvalue weighted by Gasteiger charge is 2.21. The third-order valence-electron chi connectivity index (χ3n) is 3.98. The molecule has 0 saturated carbocycles. The van der Waals surface area contributed by atoms with E-state index in [1.165, 1.54) is 17.9 Å². The molecule has 0 spiro atoms. The fourth-order valence-electron chi connectivity index (χ4n) is 2.43. The van der Waals surface area contributed by atoms with E-state index in [9.17, 15) is 14.4 Å². The molecule has 6 nitrogen and oxygen atoms in total. The number of benzene rings is 2. The highest BCUT2D eigenvalue weighted by molar-refractivity contribution is 5.93. The van der Waals surface area contributed by atoms with Crippen LogP contribution in [0.15, 0.2) is 42.5 Å². The van der Waals surface area contributed by atoms with Crippen LogP contribution >= 0.6 is 0 Å². The van der Waals surface area contributed by atoms with Crippen LogP contribution in [-0.4, -0.2) is 30.8 Å². The normalized spacial score (nSPS) is 10.9. The molecule has 2 rings (SSSR count). The van der Waals surface area contributed by atoms with Crippen LogP contribution in [0.1, 0.15) is 54.0 Å². The summed E-state index contributed by atoms with van der Waals surface area (Å²) in [7, 11) is 1.69. The van der Waals surface area contributed by atoms with Gasteiger partial charge in [0.05, 0.1) is 5.56 Å². The second-order valence-corrected chi connectivity index (χ2v) is 7.40. The van der Waals surface area contributed by atoms with Gasteiger partial charge in [0.1, 0.15) is 24.2 Å². The Morgan fingerprint density at radius 1 is 1.07 bits per heavy atom. The van der Waals surface area contributed by atoms with Gasteiger partial charge in [0, 0.05) is 30.8 Å². The second kappa shape index (κ2) is 8.69. The van der Waals surface area contributed by atoms with Crippen LogP contribution in [0.5, 0.6) is 5.75 Å². The molecule has 0 aliphatic heterocycles. The standard InChI is InChI=1S/C22H25NO5/c1-15(25)23(5)18-8-10-19(11-9-18)27-14-17-7-6-16(13-24)12-20(17)21(26)28-22(2,3)4/h6-13H,14H2,1-5H3. The van der Waals surface area contributed by atoms with Crippen molar-refractivity contribution in [2.24, 2.45) is 0 Å². The summed E-state index contributed by atoms with van der Waals surface area (Å²) < 4.78 is 11.2. The van der Waals surface area contributed by atoms with Gasteiger partial charge in [0.25, 0.3) is 0 Å². The second-order valence-electron chi connectivity index (χ2n) is 7.40. The van der Waals surface area contributed by atoms with Gasteiger partial charge in [0.15, 0.2) is 0 Å². The van der Waals surface area contributed by atoms with Crippen molar-refractivity contribution in [2.45, 2.75) is 39.9 Å². The Balaban J connectivity index is 2.18. The van der Waals surface area contributed by atoms with Crippen LogP contribution < -0.4 is 9.64 Å². The Kier molecular flexibility index (Phi) is 6.57. The fourth-order valence-corrected chi connectivity index (χ4v) is 2.43. The number of hydrogen-bond acceptors (Lipinski definition) is 5. The lowest BCUT2D eigenvalue weighted by molar-refractivity contribution is -0.116. The molecule has 0 unspecified atom stereocenters. The van der Waals surface area contributed by atoms with Crippen LogP contribution in [-0.2, 0) is 16.1 Å². The number of ether oxygens (including phenoxy) is 2. The highest BCUT2D eigenvalue weighted by atomic mass is 16.6. The van der Waals surface area contributed by atoms with Crippen molar-refractivity contribution in [1.82, 2.24) is 0 Å². The van der Waals surface area contributed by atoms with Crippen LogP contribution in [0.2, 0.25) is 0 Å². The molecule has 1 amide bonds. The first-order chi connectivity index (χ1) is 13.1. The molecule has 0 radical (unpaired) electrons. The summed E-state index contributed by atoms with van der Waals surface area (Å²) in [5.41, 5.74) is 1.41. The van der Waals surface area contributed by atoms with E-state index in [0.29, 0.717) is 28.7 Å². The van der Waals surface area contributed by atoms with Crippen molar-refractivity contribution in [1.29, 1.82) is 0 Å². The first kappa shape index (κ1) is 21.2. The minimum absolute atomic E-state index is 0.0639. The maximum absolute atomic E-state index is 12.5. The van der Waals surface area contributed by atoms with Gasteiger partial charge in [-0.15, -0.1) is 0 Å². The number of carbonyl (C=O) groups excluding carboxylic acids is 3. The van der Waals surface area contributed by atoms with E-state index in [0.717, 1.165) is 5.69 Å². The lowest BCUT2D eigenvalue weighted by atomic mass is 10.0.